The molecule has 1 fully saturated rings. The number of anilines is 1. The van der Waals surface area contributed by atoms with Crippen LogP contribution < -0.4 is 10.5 Å². The Morgan fingerprint density at radius 3 is 2.60 bits per heavy atom. The second-order valence-corrected chi connectivity index (χ2v) is 7.06. The van der Waals surface area contributed by atoms with Crippen LogP contribution in [-0.2, 0) is 14.8 Å². The van der Waals surface area contributed by atoms with Crippen LogP contribution in [0.15, 0.2) is 23.1 Å². The summed E-state index contributed by atoms with van der Waals surface area (Å²) in [6.45, 7) is 0. The van der Waals surface area contributed by atoms with Crippen molar-refractivity contribution < 1.29 is 13.2 Å². The van der Waals surface area contributed by atoms with E-state index in [9.17, 15) is 13.2 Å². The lowest BCUT2D eigenvalue weighted by molar-refractivity contribution is -0.117. The first-order valence-corrected chi connectivity index (χ1v) is 8.41. The third-order valence-corrected chi connectivity index (χ3v) is 4.73. The SMILES string of the molecule is NS(=O)(=O)c1ccc(Cl)c(NC(=O)CC2CCCC2)c1. The van der Waals surface area contributed by atoms with Crippen LogP contribution in [0.2, 0.25) is 5.02 Å². The molecule has 110 valence electrons. The summed E-state index contributed by atoms with van der Waals surface area (Å²) in [6, 6.07) is 4.00. The average molecular weight is 317 g/mol. The Morgan fingerprint density at radius 1 is 1.35 bits per heavy atom. The largest absolute Gasteiger partial charge is 0.325 e. The van der Waals surface area contributed by atoms with Crippen molar-refractivity contribution in [3.05, 3.63) is 23.2 Å². The quantitative estimate of drug-likeness (QED) is 0.894. The van der Waals surface area contributed by atoms with E-state index in [4.69, 9.17) is 16.7 Å². The number of hydrogen-bond donors (Lipinski definition) is 2. The molecule has 2 rings (SSSR count). The van der Waals surface area contributed by atoms with E-state index in [1.165, 1.54) is 31.0 Å². The first-order chi connectivity index (χ1) is 9.36. The molecule has 0 bridgehead atoms. The summed E-state index contributed by atoms with van der Waals surface area (Å²) in [7, 11) is -3.81. The number of halogens is 1. The lowest BCUT2D eigenvalue weighted by Gasteiger charge is -2.11. The number of carbonyl (C=O) groups excluding carboxylic acids is 1. The molecule has 20 heavy (non-hydrogen) atoms. The molecule has 1 aliphatic rings. The van der Waals surface area contributed by atoms with Gasteiger partial charge in [-0.2, -0.15) is 0 Å². The summed E-state index contributed by atoms with van der Waals surface area (Å²) >= 11 is 5.96. The van der Waals surface area contributed by atoms with Crippen LogP contribution in [0.25, 0.3) is 0 Å². The van der Waals surface area contributed by atoms with Gasteiger partial charge in [0.1, 0.15) is 0 Å². The van der Waals surface area contributed by atoms with Crippen molar-refractivity contribution in [2.45, 2.75) is 37.0 Å². The van der Waals surface area contributed by atoms with Gasteiger partial charge < -0.3 is 5.32 Å². The first-order valence-electron chi connectivity index (χ1n) is 6.48. The highest BCUT2D eigenvalue weighted by Gasteiger charge is 2.19. The molecule has 1 saturated carbocycles. The van der Waals surface area contributed by atoms with Crippen LogP contribution in [0.5, 0.6) is 0 Å². The number of carbonyl (C=O) groups is 1. The molecule has 0 aliphatic heterocycles. The van der Waals surface area contributed by atoms with Crippen molar-refractivity contribution in [3.8, 4) is 0 Å². The maximum absolute atomic E-state index is 11.9. The van der Waals surface area contributed by atoms with Crippen molar-refractivity contribution in [1.29, 1.82) is 0 Å². The van der Waals surface area contributed by atoms with E-state index >= 15 is 0 Å². The Morgan fingerprint density at radius 2 is 2.00 bits per heavy atom. The van der Waals surface area contributed by atoms with Crippen LogP contribution in [-0.4, -0.2) is 14.3 Å². The number of nitrogens with one attached hydrogen (secondary N) is 1. The fraction of sp³-hybridized carbons (Fsp3) is 0.462. The molecule has 0 spiro atoms. The molecular weight excluding hydrogens is 300 g/mol. The number of sulfonamides is 1. The van der Waals surface area contributed by atoms with Gasteiger partial charge in [0.15, 0.2) is 0 Å². The normalized spacial score (nSPS) is 16.3. The van der Waals surface area contributed by atoms with E-state index in [-0.39, 0.29) is 21.5 Å². The molecule has 0 atom stereocenters. The standard InChI is InChI=1S/C13H17ClN2O3S/c14-11-6-5-10(20(15,18)19)8-12(11)16-13(17)7-9-3-1-2-4-9/h5-6,8-9H,1-4,7H2,(H,16,17)(H2,15,18,19). The molecule has 5 nitrogen and oxygen atoms in total. The smallest absolute Gasteiger partial charge is 0.238 e. The summed E-state index contributed by atoms with van der Waals surface area (Å²) in [5.41, 5.74) is 0.279. The molecule has 0 unspecified atom stereocenters. The van der Waals surface area contributed by atoms with Gasteiger partial charge >= 0.3 is 0 Å². The molecule has 0 radical (unpaired) electrons. The Bertz CT molecular complexity index is 610. The summed E-state index contributed by atoms with van der Waals surface area (Å²) in [6.07, 6.45) is 4.91. The summed E-state index contributed by atoms with van der Waals surface area (Å²) < 4.78 is 22.6. The molecule has 1 aliphatic carbocycles. The van der Waals surface area contributed by atoms with Gasteiger partial charge in [-0.1, -0.05) is 24.4 Å². The van der Waals surface area contributed by atoms with E-state index in [0.717, 1.165) is 12.8 Å². The fourth-order valence-corrected chi connectivity index (χ4v) is 3.16. The summed E-state index contributed by atoms with van der Waals surface area (Å²) in [5, 5.41) is 8.00. The van der Waals surface area contributed by atoms with Crippen molar-refractivity contribution in [1.82, 2.24) is 0 Å². The predicted molar refractivity (Wildman–Crippen MR) is 78.0 cm³/mol. The van der Waals surface area contributed by atoms with Gasteiger partial charge in [0, 0.05) is 6.42 Å². The van der Waals surface area contributed by atoms with Crippen LogP contribution >= 0.6 is 11.6 Å². The number of amides is 1. The maximum Gasteiger partial charge on any atom is 0.238 e. The minimum Gasteiger partial charge on any atom is -0.325 e. The van der Waals surface area contributed by atoms with Crippen LogP contribution in [0.4, 0.5) is 5.69 Å². The number of rotatable bonds is 4. The third-order valence-electron chi connectivity index (χ3n) is 3.49. The molecule has 1 amide bonds. The molecule has 0 aromatic heterocycles. The van der Waals surface area contributed by atoms with Gasteiger partial charge in [-0.15, -0.1) is 0 Å². The molecule has 1 aromatic carbocycles. The van der Waals surface area contributed by atoms with Gasteiger partial charge in [-0.25, -0.2) is 13.6 Å². The summed E-state index contributed by atoms with van der Waals surface area (Å²) in [4.78, 5) is 11.9. The first kappa shape index (κ1) is 15.3. The number of primary sulfonamides is 1. The molecule has 7 heteroatoms. The minimum atomic E-state index is -3.81. The molecule has 3 N–H and O–H groups in total. The highest BCUT2D eigenvalue weighted by Crippen LogP contribution is 2.29. The van der Waals surface area contributed by atoms with Gasteiger partial charge in [-0.05, 0) is 37.0 Å². The third kappa shape index (κ3) is 3.94. The monoisotopic (exact) mass is 316 g/mol. The van der Waals surface area contributed by atoms with Crippen molar-refractivity contribution in [2.75, 3.05) is 5.32 Å². The van der Waals surface area contributed by atoms with Gasteiger partial charge in [0.05, 0.1) is 15.6 Å². The molecular formula is C13H17ClN2O3S. The highest BCUT2D eigenvalue weighted by molar-refractivity contribution is 7.89. The lowest BCUT2D eigenvalue weighted by Crippen LogP contribution is -2.17. The summed E-state index contributed by atoms with van der Waals surface area (Å²) in [5.74, 6) is 0.264. The van der Waals surface area contributed by atoms with Crippen LogP contribution in [0, 0.1) is 5.92 Å². The zero-order chi connectivity index (χ0) is 14.8. The van der Waals surface area contributed by atoms with Crippen molar-refractivity contribution in [3.63, 3.8) is 0 Å². The number of benzene rings is 1. The minimum absolute atomic E-state index is 0.0712. The van der Waals surface area contributed by atoms with Crippen molar-refractivity contribution >= 4 is 33.2 Å². The van der Waals surface area contributed by atoms with Gasteiger partial charge in [-0.3, -0.25) is 4.79 Å². The van der Waals surface area contributed by atoms with Gasteiger partial charge in [0.2, 0.25) is 15.9 Å². The van der Waals surface area contributed by atoms with E-state index in [1.807, 2.05) is 0 Å². The highest BCUT2D eigenvalue weighted by atomic mass is 35.5. The van der Waals surface area contributed by atoms with Crippen molar-refractivity contribution in [2.24, 2.45) is 11.1 Å². The number of hydrogen-bond acceptors (Lipinski definition) is 3. The predicted octanol–water partition coefficient (Wildman–Crippen LogP) is 2.51. The van der Waals surface area contributed by atoms with Gasteiger partial charge in [0.25, 0.3) is 0 Å². The zero-order valence-corrected chi connectivity index (χ0v) is 12.5. The van der Waals surface area contributed by atoms with E-state index in [1.54, 1.807) is 0 Å². The zero-order valence-electron chi connectivity index (χ0n) is 10.9. The van der Waals surface area contributed by atoms with E-state index < -0.39 is 10.0 Å². The van der Waals surface area contributed by atoms with Crippen LogP contribution in [0.1, 0.15) is 32.1 Å². The Labute approximate surface area is 123 Å². The Balaban J connectivity index is 2.09. The molecule has 0 heterocycles. The lowest BCUT2D eigenvalue weighted by atomic mass is 10.0. The second-order valence-electron chi connectivity index (χ2n) is 5.09. The Hall–Kier alpha value is -1.11. The maximum atomic E-state index is 11.9. The topological polar surface area (TPSA) is 89.3 Å². The number of nitrogens with two attached hydrogens (primary N) is 1. The molecule has 0 saturated heterocycles. The van der Waals surface area contributed by atoms with E-state index in [0.29, 0.717) is 12.3 Å². The molecule has 1 aromatic rings. The fourth-order valence-electron chi connectivity index (χ4n) is 2.46. The Kier molecular flexibility index (Phi) is 4.67. The average Bonchev–Trinajstić information content (AvgIpc) is 2.83. The van der Waals surface area contributed by atoms with E-state index in [2.05, 4.69) is 5.32 Å². The second kappa shape index (κ2) is 6.11. The van der Waals surface area contributed by atoms with Crippen LogP contribution in [0.3, 0.4) is 0 Å².